The minimum Gasteiger partial charge on any atom is -0.370 e. The lowest BCUT2D eigenvalue weighted by Crippen LogP contribution is -2.25. The molecule has 5 heteroatoms. The summed E-state index contributed by atoms with van der Waals surface area (Å²) in [6, 6.07) is 16.1. The third kappa shape index (κ3) is 6.02. The van der Waals surface area contributed by atoms with Crippen LogP contribution in [0.5, 0.6) is 0 Å². The molecule has 0 fully saturated rings. The maximum atomic E-state index is 12.1. The van der Waals surface area contributed by atoms with Crippen molar-refractivity contribution < 1.29 is 4.21 Å². The molecule has 0 aliphatic heterocycles. The summed E-state index contributed by atoms with van der Waals surface area (Å²) >= 11 is 0. The number of rotatable bonds is 8. The average molecular weight is 358 g/mol. The molecule has 0 bridgehead atoms. The van der Waals surface area contributed by atoms with Gasteiger partial charge in [0.05, 0.1) is 6.54 Å². The Morgan fingerprint density at radius 1 is 1.04 bits per heavy atom. The summed E-state index contributed by atoms with van der Waals surface area (Å²) in [5.41, 5.74) is 10.6. The first-order valence-electron chi connectivity index (χ1n) is 8.70. The van der Waals surface area contributed by atoms with E-state index in [0.717, 1.165) is 24.1 Å². The molecule has 2 aromatic carbocycles. The van der Waals surface area contributed by atoms with Crippen molar-refractivity contribution in [2.24, 2.45) is 10.7 Å². The Morgan fingerprint density at radius 2 is 1.68 bits per heavy atom. The first-order chi connectivity index (χ1) is 12.1. The van der Waals surface area contributed by atoms with E-state index in [1.165, 1.54) is 11.1 Å². The molecular weight excluding hydrogens is 330 g/mol. The SMILES string of the molecule is CCc1cccc(CC)c1NC(N)=NCCS(=O)Cc1ccccc1. The second kappa shape index (κ2) is 9.99. The van der Waals surface area contributed by atoms with E-state index in [1.54, 1.807) is 0 Å². The molecule has 0 amide bonds. The number of nitrogens with two attached hydrogens (primary N) is 1. The van der Waals surface area contributed by atoms with Crippen LogP contribution in [0, 0.1) is 0 Å². The fraction of sp³-hybridized carbons (Fsp3) is 0.350. The van der Waals surface area contributed by atoms with Crippen molar-refractivity contribution in [1.82, 2.24) is 0 Å². The van der Waals surface area contributed by atoms with Gasteiger partial charge < -0.3 is 11.1 Å². The summed E-state index contributed by atoms with van der Waals surface area (Å²) in [7, 11) is -0.936. The number of para-hydroxylation sites is 1. The zero-order chi connectivity index (χ0) is 18.1. The van der Waals surface area contributed by atoms with Crippen LogP contribution in [0.1, 0.15) is 30.5 Å². The van der Waals surface area contributed by atoms with Crippen LogP contribution >= 0.6 is 0 Å². The zero-order valence-electron chi connectivity index (χ0n) is 15.0. The van der Waals surface area contributed by atoms with Crippen molar-refractivity contribution in [3.63, 3.8) is 0 Å². The first kappa shape index (κ1) is 19.2. The molecule has 25 heavy (non-hydrogen) atoms. The number of hydrogen-bond donors (Lipinski definition) is 2. The van der Waals surface area contributed by atoms with Crippen LogP contribution in [-0.2, 0) is 29.4 Å². The summed E-state index contributed by atoms with van der Waals surface area (Å²) in [5, 5.41) is 3.23. The van der Waals surface area contributed by atoms with Gasteiger partial charge in [0.25, 0.3) is 0 Å². The van der Waals surface area contributed by atoms with Crippen molar-refractivity contribution in [3.8, 4) is 0 Å². The topological polar surface area (TPSA) is 67.5 Å². The highest BCUT2D eigenvalue weighted by atomic mass is 32.2. The Hall–Kier alpha value is -2.14. The number of aryl methyl sites for hydroxylation is 2. The van der Waals surface area contributed by atoms with Crippen LogP contribution in [0.3, 0.4) is 0 Å². The summed E-state index contributed by atoms with van der Waals surface area (Å²) < 4.78 is 12.1. The fourth-order valence-electron chi connectivity index (χ4n) is 2.67. The van der Waals surface area contributed by atoms with Crippen LogP contribution in [0.25, 0.3) is 0 Å². The van der Waals surface area contributed by atoms with E-state index in [-0.39, 0.29) is 0 Å². The highest BCUT2D eigenvalue weighted by Gasteiger charge is 2.07. The Morgan fingerprint density at radius 3 is 2.28 bits per heavy atom. The Kier molecular flexibility index (Phi) is 7.67. The molecule has 4 nitrogen and oxygen atoms in total. The highest BCUT2D eigenvalue weighted by molar-refractivity contribution is 7.84. The molecule has 0 heterocycles. The lowest BCUT2D eigenvalue weighted by Gasteiger charge is -2.14. The first-order valence-corrected chi connectivity index (χ1v) is 10.2. The minimum atomic E-state index is -0.936. The van der Waals surface area contributed by atoms with E-state index in [0.29, 0.717) is 24.0 Å². The molecular formula is C20H27N3OS. The molecule has 0 saturated carbocycles. The van der Waals surface area contributed by atoms with Crippen molar-refractivity contribution in [2.75, 3.05) is 17.6 Å². The second-order valence-corrected chi connectivity index (χ2v) is 7.40. The number of anilines is 1. The molecule has 1 unspecified atom stereocenters. The van der Waals surface area contributed by atoms with Gasteiger partial charge in [-0.3, -0.25) is 9.20 Å². The van der Waals surface area contributed by atoms with Crippen LogP contribution in [0.15, 0.2) is 53.5 Å². The number of guanidine groups is 1. The van der Waals surface area contributed by atoms with E-state index in [4.69, 9.17) is 5.73 Å². The molecule has 0 saturated heterocycles. The van der Waals surface area contributed by atoms with Crippen LogP contribution in [0.4, 0.5) is 5.69 Å². The Bertz CT molecular complexity index is 707. The normalized spacial score (nSPS) is 12.8. The van der Waals surface area contributed by atoms with Gasteiger partial charge in [-0.25, -0.2) is 0 Å². The predicted molar refractivity (Wildman–Crippen MR) is 108 cm³/mol. The third-order valence-electron chi connectivity index (χ3n) is 4.02. The van der Waals surface area contributed by atoms with Gasteiger partial charge >= 0.3 is 0 Å². The minimum absolute atomic E-state index is 0.382. The van der Waals surface area contributed by atoms with Crippen LogP contribution in [0.2, 0.25) is 0 Å². The molecule has 0 spiro atoms. The van der Waals surface area contributed by atoms with Gasteiger partial charge in [0.2, 0.25) is 0 Å². The molecule has 134 valence electrons. The van der Waals surface area contributed by atoms with E-state index >= 15 is 0 Å². The summed E-state index contributed by atoms with van der Waals surface area (Å²) in [6.45, 7) is 4.70. The van der Waals surface area contributed by atoms with Gasteiger partial charge in [-0.2, -0.15) is 0 Å². The number of benzene rings is 2. The van der Waals surface area contributed by atoms with Gasteiger partial charge in [0.1, 0.15) is 0 Å². The maximum absolute atomic E-state index is 12.1. The molecule has 3 N–H and O–H groups in total. The lowest BCUT2D eigenvalue weighted by atomic mass is 10.0. The van der Waals surface area contributed by atoms with Crippen molar-refractivity contribution >= 4 is 22.4 Å². The standard InChI is InChI=1S/C20H27N3OS/c1-3-17-11-8-12-18(4-2)19(17)23-20(21)22-13-14-25(24)15-16-9-6-5-7-10-16/h5-12H,3-4,13-15H2,1-2H3,(H3,21,22,23). The molecule has 0 aromatic heterocycles. The highest BCUT2D eigenvalue weighted by Crippen LogP contribution is 2.22. The number of nitrogens with one attached hydrogen (secondary N) is 1. The zero-order valence-corrected chi connectivity index (χ0v) is 15.8. The number of hydrogen-bond acceptors (Lipinski definition) is 2. The molecule has 2 rings (SSSR count). The third-order valence-corrected chi connectivity index (χ3v) is 5.32. The van der Waals surface area contributed by atoms with Gasteiger partial charge in [-0.05, 0) is 29.5 Å². The lowest BCUT2D eigenvalue weighted by molar-refractivity contribution is 0.682. The number of nitrogens with zero attached hydrogens (tertiary/aromatic N) is 1. The maximum Gasteiger partial charge on any atom is 0.193 e. The smallest absolute Gasteiger partial charge is 0.193 e. The van der Waals surface area contributed by atoms with Gasteiger partial charge in [0, 0.05) is 28.0 Å². The number of aliphatic imine (C=N–C) groups is 1. The van der Waals surface area contributed by atoms with Crippen molar-refractivity contribution in [1.29, 1.82) is 0 Å². The fourth-order valence-corrected chi connectivity index (χ4v) is 3.67. The predicted octanol–water partition coefficient (Wildman–Crippen LogP) is 3.49. The van der Waals surface area contributed by atoms with E-state index in [9.17, 15) is 4.21 Å². The van der Waals surface area contributed by atoms with E-state index in [2.05, 4.69) is 42.4 Å². The second-order valence-electron chi connectivity index (χ2n) is 5.82. The van der Waals surface area contributed by atoms with Crippen molar-refractivity contribution in [3.05, 3.63) is 65.2 Å². The summed E-state index contributed by atoms with van der Waals surface area (Å²) in [6.07, 6.45) is 1.87. The monoisotopic (exact) mass is 357 g/mol. The van der Waals surface area contributed by atoms with Crippen LogP contribution < -0.4 is 11.1 Å². The Labute approximate surface area is 153 Å². The van der Waals surface area contributed by atoms with Crippen molar-refractivity contribution in [2.45, 2.75) is 32.4 Å². The Balaban J connectivity index is 1.91. The summed E-state index contributed by atoms with van der Waals surface area (Å²) in [4.78, 5) is 4.34. The molecule has 2 aromatic rings. The largest absolute Gasteiger partial charge is 0.370 e. The van der Waals surface area contributed by atoms with Gasteiger partial charge in [-0.15, -0.1) is 0 Å². The van der Waals surface area contributed by atoms with E-state index < -0.39 is 10.8 Å². The van der Waals surface area contributed by atoms with Gasteiger partial charge in [0.15, 0.2) is 5.96 Å². The quantitative estimate of drug-likeness (QED) is 0.561. The van der Waals surface area contributed by atoms with Gasteiger partial charge in [-0.1, -0.05) is 62.4 Å². The molecule has 0 radical (unpaired) electrons. The van der Waals surface area contributed by atoms with Crippen LogP contribution in [-0.4, -0.2) is 22.5 Å². The average Bonchev–Trinajstić information content (AvgIpc) is 2.62. The summed E-state index contributed by atoms with van der Waals surface area (Å²) in [5.74, 6) is 1.45. The molecule has 0 aliphatic carbocycles. The van der Waals surface area contributed by atoms with E-state index in [1.807, 2.05) is 30.3 Å². The molecule has 1 atom stereocenters. The molecule has 0 aliphatic rings.